The van der Waals surface area contributed by atoms with Crippen molar-refractivity contribution in [3.05, 3.63) is 51.6 Å². The minimum atomic E-state index is -0.174. The molecular formula is C15H14INO3. The third kappa shape index (κ3) is 3.41. The van der Waals surface area contributed by atoms with E-state index in [1.165, 1.54) is 0 Å². The highest BCUT2D eigenvalue weighted by atomic mass is 127. The number of benzene rings is 2. The number of carbonyl (C=O) groups is 1. The Hall–Kier alpha value is -1.76. The minimum absolute atomic E-state index is 0.174. The third-order valence-electron chi connectivity index (χ3n) is 2.74. The van der Waals surface area contributed by atoms with Gasteiger partial charge in [-0.2, -0.15) is 0 Å². The molecule has 2 rings (SSSR count). The van der Waals surface area contributed by atoms with E-state index in [0.29, 0.717) is 22.7 Å². The van der Waals surface area contributed by atoms with Gasteiger partial charge >= 0.3 is 0 Å². The first-order chi connectivity index (χ1) is 9.63. The second-order valence-electron chi connectivity index (χ2n) is 4.03. The fourth-order valence-corrected chi connectivity index (χ4v) is 2.27. The lowest BCUT2D eigenvalue weighted by Gasteiger charge is -2.11. The first kappa shape index (κ1) is 14.6. The maximum Gasteiger partial charge on any atom is 0.255 e. The fraction of sp³-hybridized carbons (Fsp3) is 0.133. The molecule has 0 atom stereocenters. The molecule has 0 heterocycles. The normalized spacial score (nSPS) is 9.95. The predicted molar refractivity (Wildman–Crippen MR) is 86.7 cm³/mol. The highest BCUT2D eigenvalue weighted by Crippen LogP contribution is 2.29. The average Bonchev–Trinajstić information content (AvgIpc) is 2.47. The molecule has 0 spiro atoms. The van der Waals surface area contributed by atoms with Gasteiger partial charge in [-0.3, -0.25) is 4.79 Å². The number of amides is 1. The van der Waals surface area contributed by atoms with Crippen molar-refractivity contribution in [3.63, 3.8) is 0 Å². The molecule has 0 aliphatic heterocycles. The highest BCUT2D eigenvalue weighted by Gasteiger charge is 2.10. The summed E-state index contributed by atoms with van der Waals surface area (Å²) < 4.78 is 11.4. The number of rotatable bonds is 4. The smallest absolute Gasteiger partial charge is 0.255 e. The van der Waals surface area contributed by atoms with Gasteiger partial charge in [0.05, 0.1) is 19.9 Å². The van der Waals surface area contributed by atoms with E-state index in [1.807, 2.05) is 18.2 Å². The highest BCUT2D eigenvalue weighted by molar-refractivity contribution is 14.1. The van der Waals surface area contributed by atoms with Crippen LogP contribution in [-0.2, 0) is 0 Å². The third-order valence-corrected chi connectivity index (χ3v) is 3.41. The molecule has 20 heavy (non-hydrogen) atoms. The summed E-state index contributed by atoms with van der Waals surface area (Å²) in [6.07, 6.45) is 0. The Labute approximate surface area is 131 Å². The number of methoxy groups -OCH3 is 2. The van der Waals surface area contributed by atoms with Crippen molar-refractivity contribution in [1.29, 1.82) is 0 Å². The Morgan fingerprint density at radius 1 is 1.10 bits per heavy atom. The van der Waals surface area contributed by atoms with Gasteiger partial charge in [-0.15, -0.1) is 0 Å². The van der Waals surface area contributed by atoms with E-state index in [0.717, 1.165) is 3.57 Å². The number of nitrogens with one attached hydrogen (secondary N) is 1. The van der Waals surface area contributed by atoms with Crippen molar-refractivity contribution in [3.8, 4) is 11.5 Å². The summed E-state index contributed by atoms with van der Waals surface area (Å²) in [4.78, 5) is 12.2. The van der Waals surface area contributed by atoms with Gasteiger partial charge < -0.3 is 14.8 Å². The van der Waals surface area contributed by atoms with Crippen LogP contribution in [-0.4, -0.2) is 20.1 Å². The lowest BCUT2D eigenvalue weighted by atomic mass is 10.2. The Morgan fingerprint density at radius 2 is 1.90 bits per heavy atom. The molecule has 0 saturated carbocycles. The van der Waals surface area contributed by atoms with E-state index in [4.69, 9.17) is 9.47 Å². The van der Waals surface area contributed by atoms with Gasteiger partial charge in [0.2, 0.25) is 0 Å². The molecule has 4 nitrogen and oxygen atoms in total. The van der Waals surface area contributed by atoms with E-state index in [-0.39, 0.29) is 5.91 Å². The summed E-state index contributed by atoms with van der Waals surface area (Å²) in [5, 5.41) is 2.83. The Balaban J connectivity index is 2.23. The number of halogens is 1. The van der Waals surface area contributed by atoms with Crippen LogP contribution in [0.3, 0.4) is 0 Å². The Bertz CT molecular complexity index is 628. The summed E-state index contributed by atoms with van der Waals surface area (Å²) in [5.41, 5.74) is 1.21. The zero-order chi connectivity index (χ0) is 14.5. The van der Waals surface area contributed by atoms with Crippen LogP contribution in [0, 0.1) is 3.57 Å². The molecule has 0 radical (unpaired) electrons. The van der Waals surface area contributed by atoms with Crippen LogP contribution in [0.4, 0.5) is 5.69 Å². The molecule has 0 aliphatic rings. The van der Waals surface area contributed by atoms with Crippen LogP contribution in [0.2, 0.25) is 0 Å². The quantitative estimate of drug-likeness (QED) is 0.822. The molecule has 1 N–H and O–H groups in total. The second kappa shape index (κ2) is 6.60. The predicted octanol–water partition coefficient (Wildman–Crippen LogP) is 3.56. The number of carbonyl (C=O) groups excluding carboxylic acids is 1. The summed E-state index contributed by atoms with van der Waals surface area (Å²) in [5.74, 6) is 1.06. The molecule has 2 aromatic carbocycles. The van der Waals surface area contributed by atoms with Crippen LogP contribution in [0.15, 0.2) is 42.5 Å². The van der Waals surface area contributed by atoms with Gasteiger partial charge in [-0.1, -0.05) is 6.07 Å². The van der Waals surface area contributed by atoms with Crippen molar-refractivity contribution >= 4 is 34.2 Å². The molecule has 0 fully saturated rings. The van der Waals surface area contributed by atoms with Crippen molar-refractivity contribution < 1.29 is 14.3 Å². The topological polar surface area (TPSA) is 47.6 Å². The number of anilines is 1. The van der Waals surface area contributed by atoms with E-state index in [1.54, 1.807) is 38.5 Å². The van der Waals surface area contributed by atoms with Crippen molar-refractivity contribution in [2.75, 3.05) is 19.5 Å². The number of ether oxygens (including phenoxy) is 2. The summed E-state index contributed by atoms with van der Waals surface area (Å²) in [6.45, 7) is 0. The first-order valence-corrected chi connectivity index (χ1v) is 7.01. The number of hydrogen-bond donors (Lipinski definition) is 1. The lowest BCUT2D eigenvalue weighted by molar-refractivity contribution is 0.102. The minimum Gasteiger partial charge on any atom is -0.497 e. The van der Waals surface area contributed by atoms with Gasteiger partial charge in [0, 0.05) is 15.2 Å². The Kier molecular flexibility index (Phi) is 4.84. The zero-order valence-corrected chi connectivity index (χ0v) is 13.3. The summed E-state index contributed by atoms with van der Waals surface area (Å²) in [7, 11) is 3.13. The van der Waals surface area contributed by atoms with E-state index in [2.05, 4.69) is 27.9 Å². The van der Waals surface area contributed by atoms with Crippen LogP contribution < -0.4 is 14.8 Å². The van der Waals surface area contributed by atoms with Crippen LogP contribution >= 0.6 is 22.6 Å². The molecule has 104 valence electrons. The molecule has 0 bridgehead atoms. The Morgan fingerprint density at radius 3 is 2.55 bits per heavy atom. The summed E-state index contributed by atoms with van der Waals surface area (Å²) >= 11 is 2.17. The first-order valence-electron chi connectivity index (χ1n) is 5.93. The van der Waals surface area contributed by atoms with Gasteiger partial charge in [0.1, 0.15) is 11.5 Å². The van der Waals surface area contributed by atoms with Gasteiger partial charge in [0.25, 0.3) is 5.91 Å². The average molecular weight is 383 g/mol. The van der Waals surface area contributed by atoms with Crippen LogP contribution in [0.1, 0.15) is 10.4 Å². The summed E-state index contributed by atoms with van der Waals surface area (Å²) in [6, 6.07) is 12.6. The fourth-order valence-electron chi connectivity index (χ4n) is 1.73. The molecule has 0 saturated heterocycles. The van der Waals surface area contributed by atoms with Crippen LogP contribution in [0.5, 0.6) is 11.5 Å². The maximum atomic E-state index is 12.2. The van der Waals surface area contributed by atoms with E-state index in [9.17, 15) is 4.79 Å². The van der Waals surface area contributed by atoms with Gasteiger partial charge in [0.15, 0.2) is 0 Å². The van der Waals surface area contributed by atoms with Crippen molar-refractivity contribution in [2.24, 2.45) is 0 Å². The molecule has 0 aliphatic carbocycles. The standard InChI is InChI=1S/C15H14INO3/c1-19-12-6-7-13(14(9-12)20-2)17-15(18)10-4-3-5-11(16)8-10/h3-9H,1-2H3,(H,17,18). The SMILES string of the molecule is COc1ccc(NC(=O)c2cccc(I)c2)c(OC)c1. The van der Waals surface area contributed by atoms with E-state index >= 15 is 0 Å². The zero-order valence-electron chi connectivity index (χ0n) is 11.1. The molecule has 0 unspecified atom stereocenters. The molecular weight excluding hydrogens is 369 g/mol. The van der Waals surface area contributed by atoms with E-state index < -0.39 is 0 Å². The van der Waals surface area contributed by atoms with Crippen LogP contribution in [0.25, 0.3) is 0 Å². The molecule has 5 heteroatoms. The molecule has 1 amide bonds. The van der Waals surface area contributed by atoms with Gasteiger partial charge in [-0.05, 0) is 52.9 Å². The monoisotopic (exact) mass is 383 g/mol. The largest absolute Gasteiger partial charge is 0.497 e. The van der Waals surface area contributed by atoms with Crippen molar-refractivity contribution in [1.82, 2.24) is 0 Å². The number of hydrogen-bond acceptors (Lipinski definition) is 3. The van der Waals surface area contributed by atoms with Crippen molar-refractivity contribution in [2.45, 2.75) is 0 Å². The van der Waals surface area contributed by atoms with Gasteiger partial charge in [-0.25, -0.2) is 0 Å². The molecule has 2 aromatic rings. The lowest BCUT2D eigenvalue weighted by Crippen LogP contribution is -2.12. The molecule has 0 aromatic heterocycles. The second-order valence-corrected chi connectivity index (χ2v) is 5.28. The maximum absolute atomic E-state index is 12.2.